The van der Waals surface area contributed by atoms with Gasteiger partial charge < -0.3 is 19.1 Å². The van der Waals surface area contributed by atoms with E-state index in [4.69, 9.17) is 14.2 Å². The summed E-state index contributed by atoms with van der Waals surface area (Å²) in [7, 11) is 0. The minimum atomic E-state index is -0.475. The van der Waals surface area contributed by atoms with Crippen LogP contribution in [0.15, 0.2) is 0 Å². The van der Waals surface area contributed by atoms with Crippen molar-refractivity contribution in [1.82, 2.24) is 4.90 Å². The van der Waals surface area contributed by atoms with Crippen LogP contribution in [0.4, 0.5) is 4.79 Å². The van der Waals surface area contributed by atoms with Gasteiger partial charge in [-0.05, 0) is 39.5 Å². The SMILES string of the molecule is CC(C)COCCOC1(CBr)CCCN(C(=O)OC(C)(C)C)C1. The first-order valence-electron chi connectivity index (χ1n) is 8.43. The number of hydrogen-bond donors (Lipinski definition) is 0. The molecule has 0 saturated carbocycles. The van der Waals surface area contributed by atoms with Gasteiger partial charge in [-0.15, -0.1) is 0 Å². The fourth-order valence-corrected chi connectivity index (χ4v) is 3.10. The fraction of sp³-hybridized carbons (Fsp3) is 0.941. The number of halogens is 1. The Bertz CT molecular complexity index is 370. The molecule has 0 spiro atoms. The van der Waals surface area contributed by atoms with Crippen molar-refractivity contribution in [1.29, 1.82) is 0 Å². The molecule has 1 saturated heterocycles. The molecule has 0 aromatic heterocycles. The molecule has 0 N–H and O–H groups in total. The fourth-order valence-electron chi connectivity index (χ4n) is 2.48. The van der Waals surface area contributed by atoms with Crippen molar-refractivity contribution in [2.75, 3.05) is 38.2 Å². The van der Waals surface area contributed by atoms with E-state index >= 15 is 0 Å². The molecule has 1 unspecified atom stereocenters. The van der Waals surface area contributed by atoms with E-state index in [0.717, 1.165) is 26.0 Å². The molecule has 0 bridgehead atoms. The van der Waals surface area contributed by atoms with Gasteiger partial charge in [0.1, 0.15) is 5.60 Å². The Labute approximate surface area is 149 Å². The number of carbonyl (C=O) groups excluding carboxylic acids is 1. The zero-order valence-electron chi connectivity index (χ0n) is 15.2. The summed E-state index contributed by atoms with van der Waals surface area (Å²) < 4.78 is 17.1. The van der Waals surface area contributed by atoms with Crippen LogP contribution in [-0.2, 0) is 14.2 Å². The number of alkyl halides is 1. The van der Waals surface area contributed by atoms with Crippen LogP contribution in [-0.4, -0.2) is 60.4 Å². The summed E-state index contributed by atoms with van der Waals surface area (Å²) in [6.45, 7) is 13.0. The summed E-state index contributed by atoms with van der Waals surface area (Å²) in [5.41, 5.74) is -0.826. The minimum absolute atomic E-state index is 0.262. The van der Waals surface area contributed by atoms with Crippen molar-refractivity contribution in [3.63, 3.8) is 0 Å². The lowest BCUT2D eigenvalue weighted by atomic mass is 9.95. The summed E-state index contributed by atoms with van der Waals surface area (Å²) in [4.78, 5) is 14.0. The Morgan fingerprint density at radius 3 is 2.57 bits per heavy atom. The number of hydrogen-bond acceptors (Lipinski definition) is 4. The maximum absolute atomic E-state index is 12.3. The van der Waals surface area contributed by atoms with Gasteiger partial charge in [-0.2, -0.15) is 0 Å². The third-order valence-corrected chi connectivity index (χ3v) is 4.54. The van der Waals surface area contributed by atoms with Crippen LogP contribution in [0.3, 0.4) is 0 Å². The van der Waals surface area contributed by atoms with Gasteiger partial charge in [-0.1, -0.05) is 29.8 Å². The molecule has 0 aliphatic carbocycles. The summed E-state index contributed by atoms with van der Waals surface area (Å²) in [6.07, 6.45) is 1.58. The summed E-state index contributed by atoms with van der Waals surface area (Å²) in [5, 5.41) is 0.698. The van der Waals surface area contributed by atoms with E-state index in [1.165, 1.54) is 0 Å². The zero-order chi connectivity index (χ0) is 17.5. The second-order valence-corrected chi connectivity index (χ2v) is 8.20. The smallest absolute Gasteiger partial charge is 0.410 e. The molecule has 1 aliphatic rings. The van der Waals surface area contributed by atoms with Gasteiger partial charge in [-0.3, -0.25) is 0 Å². The lowest BCUT2D eigenvalue weighted by Gasteiger charge is -2.41. The van der Waals surface area contributed by atoms with Crippen molar-refractivity contribution in [2.24, 2.45) is 5.92 Å². The third-order valence-electron chi connectivity index (χ3n) is 3.52. The van der Waals surface area contributed by atoms with Crippen LogP contribution < -0.4 is 0 Å². The molecule has 1 heterocycles. The average molecular weight is 394 g/mol. The van der Waals surface area contributed by atoms with Gasteiger partial charge >= 0.3 is 6.09 Å². The molecule has 1 fully saturated rings. The Kier molecular flexibility index (Phi) is 8.31. The summed E-state index contributed by atoms with van der Waals surface area (Å²) in [5.74, 6) is 0.525. The van der Waals surface area contributed by atoms with Crippen molar-refractivity contribution in [3.05, 3.63) is 0 Å². The molecule has 5 nitrogen and oxygen atoms in total. The second-order valence-electron chi connectivity index (χ2n) is 7.64. The third kappa shape index (κ3) is 7.86. The van der Waals surface area contributed by atoms with Gasteiger partial charge in [-0.25, -0.2) is 4.79 Å². The first-order chi connectivity index (χ1) is 10.7. The standard InChI is InChI=1S/C17H32BrNO4/c1-14(2)11-21-9-10-22-17(12-18)7-6-8-19(13-17)15(20)23-16(3,4)5/h14H,6-13H2,1-5H3. The van der Waals surface area contributed by atoms with E-state index in [1.54, 1.807) is 4.90 Å². The second kappa shape index (κ2) is 9.23. The molecular weight excluding hydrogens is 362 g/mol. The Balaban J connectivity index is 2.49. The van der Waals surface area contributed by atoms with E-state index in [9.17, 15) is 4.79 Å². The Morgan fingerprint density at radius 2 is 2.00 bits per heavy atom. The maximum Gasteiger partial charge on any atom is 0.410 e. The number of amides is 1. The molecule has 1 amide bonds. The van der Waals surface area contributed by atoms with Crippen molar-refractivity contribution < 1.29 is 19.0 Å². The zero-order valence-corrected chi connectivity index (χ0v) is 16.8. The molecule has 1 atom stereocenters. The molecule has 1 rings (SSSR count). The number of rotatable bonds is 7. The first-order valence-corrected chi connectivity index (χ1v) is 9.55. The van der Waals surface area contributed by atoms with Crippen LogP contribution in [0, 0.1) is 5.92 Å². The topological polar surface area (TPSA) is 48.0 Å². The van der Waals surface area contributed by atoms with E-state index in [-0.39, 0.29) is 11.7 Å². The number of ether oxygens (including phenoxy) is 3. The number of likely N-dealkylation sites (tertiary alicyclic amines) is 1. The van der Waals surface area contributed by atoms with Crippen molar-refractivity contribution in [3.8, 4) is 0 Å². The van der Waals surface area contributed by atoms with Crippen LogP contribution >= 0.6 is 15.9 Å². The average Bonchev–Trinajstić information content (AvgIpc) is 2.45. The van der Waals surface area contributed by atoms with Crippen molar-refractivity contribution >= 4 is 22.0 Å². The molecule has 0 aromatic rings. The van der Waals surface area contributed by atoms with Gasteiger partial charge in [0.15, 0.2) is 0 Å². The van der Waals surface area contributed by atoms with Gasteiger partial charge in [0.25, 0.3) is 0 Å². The van der Waals surface area contributed by atoms with E-state index < -0.39 is 5.60 Å². The predicted molar refractivity (Wildman–Crippen MR) is 95.2 cm³/mol. The minimum Gasteiger partial charge on any atom is -0.444 e. The van der Waals surface area contributed by atoms with E-state index in [1.807, 2.05) is 20.8 Å². The highest BCUT2D eigenvalue weighted by Crippen LogP contribution is 2.28. The highest BCUT2D eigenvalue weighted by atomic mass is 79.9. The predicted octanol–water partition coefficient (Wildman–Crippen LogP) is 3.84. The molecule has 23 heavy (non-hydrogen) atoms. The first kappa shape index (κ1) is 20.7. The highest BCUT2D eigenvalue weighted by Gasteiger charge is 2.38. The molecular formula is C17H32BrNO4. The van der Waals surface area contributed by atoms with Crippen LogP contribution in [0.2, 0.25) is 0 Å². The molecule has 6 heteroatoms. The summed E-state index contributed by atoms with van der Waals surface area (Å²) >= 11 is 3.55. The Hall–Kier alpha value is -0.330. The Morgan fingerprint density at radius 1 is 1.30 bits per heavy atom. The van der Waals surface area contributed by atoms with Gasteiger partial charge in [0, 0.05) is 18.5 Å². The molecule has 1 aliphatic heterocycles. The lowest BCUT2D eigenvalue weighted by Crippen LogP contribution is -2.54. The summed E-state index contributed by atoms with van der Waals surface area (Å²) in [6, 6.07) is 0. The number of piperidine rings is 1. The lowest BCUT2D eigenvalue weighted by molar-refractivity contribution is -0.0911. The van der Waals surface area contributed by atoms with Gasteiger partial charge in [0.2, 0.25) is 0 Å². The maximum atomic E-state index is 12.3. The van der Waals surface area contributed by atoms with Crippen LogP contribution in [0.25, 0.3) is 0 Å². The van der Waals surface area contributed by atoms with E-state index in [2.05, 4.69) is 29.8 Å². The molecule has 136 valence electrons. The molecule has 0 radical (unpaired) electrons. The normalized spacial score (nSPS) is 22.5. The highest BCUT2D eigenvalue weighted by molar-refractivity contribution is 9.09. The molecule has 0 aromatic carbocycles. The van der Waals surface area contributed by atoms with E-state index in [0.29, 0.717) is 31.0 Å². The van der Waals surface area contributed by atoms with Gasteiger partial charge in [0.05, 0.1) is 25.4 Å². The van der Waals surface area contributed by atoms with Crippen LogP contribution in [0.1, 0.15) is 47.5 Å². The number of carbonyl (C=O) groups is 1. The number of nitrogens with zero attached hydrogens (tertiary/aromatic N) is 1. The largest absolute Gasteiger partial charge is 0.444 e. The quantitative estimate of drug-likeness (QED) is 0.486. The van der Waals surface area contributed by atoms with Crippen molar-refractivity contribution in [2.45, 2.75) is 58.7 Å². The monoisotopic (exact) mass is 393 g/mol. The van der Waals surface area contributed by atoms with Crippen LogP contribution in [0.5, 0.6) is 0 Å².